The zero-order valence-electron chi connectivity index (χ0n) is 21.8. The lowest BCUT2D eigenvalue weighted by atomic mass is 9.83. The average molecular weight is 586 g/mol. The molecule has 2 heterocycles. The number of aliphatic hydroxyl groups is 7. The van der Waals surface area contributed by atoms with Crippen molar-refractivity contribution in [1.29, 1.82) is 0 Å². The highest BCUT2D eigenvalue weighted by atomic mass is 16.7. The summed E-state index contributed by atoms with van der Waals surface area (Å²) in [5.74, 6) is -0.857. The minimum absolute atomic E-state index is 0. The van der Waals surface area contributed by atoms with Gasteiger partial charge in [0.1, 0.15) is 60.5 Å². The van der Waals surface area contributed by atoms with Gasteiger partial charge in [0.05, 0.1) is 18.7 Å². The summed E-state index contributed by atoms with van der Waals surface area (Å²) < 4.78 is 22.7. The number of nitrogens with two attached hydrogens (primary N) is 3. The van der Waals surface area contributed by atoms with E-state index in [2.05, 4.69) is 10.6 Å². The summed E-state index contributed by atoms with van der Waals surface area (Å²) in [5.41, 5.74) is 15.8. The summed E-state index contributed by atoms with van der Waals surface area (Å²) >= 11 is 0. The molecule has 2 aliphatic heterocycles. The molecule has 236 valence electrons. The molecule has 1 amide bonds. The fraction of sp³-hybridized carbons (Fsp3) is 0.957. The number of amides is 1. The van der Waals surface area contributed by atoms with Crippen LogP contribution in [0.25, 0.3) is 0 Å². The van der Waals surface area contributed by atoms with Gasteiger partial charge in [-0.1, -0.05) is 7.43 Å². The van der Waals surface area contributed by atoms with Crippen LogP contribution in [0.5, 0.6) is 0 Å². The first kappa shape index (κ1) is 35.1. The van der Waals surface area contributed by atoms with Crippen molar-refractivity contribution in [3.8, 4) is 0 Å². The third kappa shape index (κ3) is 7.25. The van der Waals surface area contributed by atoms with Gasteiger partial charge < -0.3 is 82.5 Å². The van der Waals surface area contributed by atoms with Crippen LogP contribution >= 0.6 is 0 Å². The van der Waals surface area contributed by atoms with Gasteiger partial charge in [0, 0.05) is 19.1 Å². The van der Waals surface area contributed by atoms with Gasteiger partial charge in [0.25, 0.3) is 0 Å². The molecular weight excluding hydrogens is 538 g/mol. The van der Waals surface area contributed by atoms with E-state index in [1.165, 1.54) is 14.0 Å². The highest BCUT2D eigenvalue weighted by molar-refractivity contribution is 5.81. The first-order valence-corrected chi connectivity index (χ1v) is 12.8. The Morgan fingerprint density at radius 3 is 2.23 bits per heavy atom. The zero-order chi connectivity index (χ0) is 29.2. The van der Waals surface area contributed by atoms with E-state index in [0.717, 1.165) is 0 Å². The Balaban J connectivity index is 0.00000560. The van der Waals surface area contributed by atoms with Gasteiger partial charge in [-0.3, -0.25) is 4.79 Å². The second-order valence-electron chi connectivity index (χ2n) is 10.5. The molecule has 15 unspecified atom stereocenters. The van der Waals surface area contributed by atoms with Crippen molar-refractivity contribution in [2.24, 2.45) is 17.2 Å². The fourth-order valence-electron chi connectivity index (χ4n) is 5.22. The minimum Gasteiger partial charge on any atom is -0.388 e. The van der Waals surface area contributed by atoms with E-state index in [9.17, 15) is 40.5 Å². The van der Waals surface area contributed by atoms with Gasteiger partial charge >= 0.3 is 0 Å². The summed E-state index contributed by atoms with van der Waals surface area (Å²) in [6, 6.07) is -2.92. The normalized spacial score (nSPS) is 46.8. The van der Waals surface area contributed by atoms with E-state index in [4.69, 9.17) is 36.1 Å². The largest absolute Gasteiger partial charge is 0.388 e. The predicted octanol–water partition coefficient (Wildman–Crippen LogP) is -6.89. The molecule has 15 atom stereocenters. The van der Waals surface area contributed by atoms with Crippen molar-refractivity contribution >= 4 is 5.91 Å². The van der Waals surface area contributed by atoms with Crippen LogP contribution < -0.4 is 27.8 Å². The molecule has 2 saturated heterocycles. The minimum atomic E-state index is -1.72. The molecule has 1 saturated carbocycles. The molecule has 0 aromatic carbocycles. The molecule has 3 fully saturated rings. The lowest BCUT2D eigenvalue weighted by Crippen LogP contribution is -2.70. The molecule has 3 aliphatic rings. The standard InChI is InChI=1S/C22H43N5O12.CH4/c1-22(35)6-36-20(15(33)18(22)26-2)39-17-8(27-19(34)9(28)4-23)3-7(25)16(14(17)32)38-21-13(31)12(30)11(29)10(5-24)37-21;/h7-18,20-21,26,28-33,35H,3-6,23-25H2,1-2H3,(H,27,34);1H4. The predicted molar refractivity (Wildman–Crippen MR) is 137 cm³/mol. The van der Waals surface area contributed by atoms with Gasteiger partial charge in [0.15, 0.2) is 12.6 Å². The van der Waals surface area contributed by atoms with Gasteiger partial charge in [-0.2, -0.15) is 0 Å². The number of carbonyl (C=O) groups is 1. The molecule has 1 aliphatic carbocycles. The molecule has 3 rings (SSSR count). The zero-order valence-corrected chi connectivity index (χ0v) is 21.8. The molecule has 17 nitrogen and oxygen atoms in total. The maximum absolute atomic E-state index is 12.4. The van der Waals surface area contributed by atoms with Crippen molar-refractivity contribution in [3.63, 3.8) is 0 Å². The van der Waals surface area contributed by atoms with Crippen LogP contribution in [0.2, 0.25) is 0 Å². The molecule has 0 aromatic rings. The lowest BCUT2D eigenvalue weighted by Gasteiger charge is -2.49. The fourth-order valence-corrected chi connectivity index (χ4v) is 5.22. The number of aliphatic hydroxyl groups excluding tert-OH is 6. The van der Waals surface area contributed by atoms with Crippen LogP contribution in [0, 0.1) is 0 Å². The molecule has 0 radical (unpaired) electrons. The monoisotopic (exact) mass is 585 g/mol. The Morgan fingerprint density at radius 2 is 1.65 bits per heavy atom. The van der Waals surface area contributed by atoms with Crippen molar-refractivity contribution < 1.29 is 59.5 Å². The summed E-state index contributed by atoms with van der Waals surface area (Å²) in [7, 11) is 1.52. The van der Waals surface area contributed by atoms with Crippen LogP contribution in [0.4, 0.5) is 0 Å². The van der Waals surface area contributed by atoms with Crippen LogP contribution in [0.15, 0.2) is 0 Å². The maximum atomic E-state index is 12.4. The highest BCUT2D eigenvalue weighted by Crippen LogP contribution is 2.32. The Kier molecular flexibility index (Phi) is 12.6. The van der Waals surface area contributed by atoms with Crippen LogP contribution in [-0.4, -0.2) is 160 Å². The number of hydrogen-bond donors (Lipinski definition) is 12. The second kappa shape index (κ2) is 14.4. The Morgan fingerprint density at radius 1 is 1.02 bits per heavy atom. The van der Waals surface area contributed by atoms with Crippen molar-refractivity contribution in [2.45, 2.75) is 112 Å². The third-order valence-corrected chi connectivity index (χ3v) is 7.50. The first-order valence-electron chi connectivity index (χ1n) is 12.8. The summed E-state index contributed by atoms with van der Waals surface area (Å²) in [5, 5.41) is 78.5. The van der Waals surface area contributed by atoms with E-state index in [0.29, 0.717) is 0 Å². The van der Waals surface area contributed by atoms with E-state index in [1.54, 1.807) is 0 Å². The van der Waals surface area contributed by atoms with Crippen LogP contribution in [0.1, 0.15) is 20.8 Å². The summed E-state index contributed by atoms with van der Waals surface area (Å²) in [6.45, 7) is 0.634. The van der Waals surface area contributed by atoms with Crippen molar-refractivity contribution in [3.05, 3.63) is 0 Å². The maximum Gasteiger partial charge on any atom is 0.250 e. The smallest absolute Gasteiger partial charge is 0.250 e. The van der Waals surface area contributed by atoms with E-state index in [1.807, 2.05) is 0 Å². The van der Waals surface area contributed by atoms with E-state index >= 15 is 0 Å². The Hall–Kier alpha value is -1.13. The molecule has 0 spiro atoms. The number of ether oxygens (including phenoxy) is 4. The van der Waals surface area contributed by atoms with Gasteiger partial charge in [-0.25, -0.2) is 0 Å². The molecule has 0 bridgehead atoms. The third-order valence-electron chi connectivity index (χ3n) is 7.50. The van der Waals surface area contributed by atoms with Crippen molar-refractivity contribution in [2.75, 3.05) is 26.7 Å². The Labute approximate surface area is 232 Å². The van der Waals surface area contributed by atoms with Crippen molar-refractivity contribution in [1.82, 2.24) is 10.6 Å². The summed E-state index contributed by atoms with van der Waals surface area (Å²) in [4.78, 5) is 12.4. The van der Waals surface area contributed by atoms with Crippen LogP contribution in [-0.2, 0) is 23.7 Å². The average Bonchev–Trinajstić information content (AvgIpc) is 2.89. The number of likely N-dealkylation sites (N-methyl/N-ethyl adjacent to an activating group) is 1. The molecule has 17 heteroatoms. The van der Waals surface area contributed by atoms with E-state index in [-0.39, 0.29) is 33.5 Å². The quantitative estimate of drug-likeness (QED) is 0.120. The van der Waals surface area contributed by atoms with Crippen LogP contribution in [0.3, 0.4) is 0 Å². The molecule has 0 aromatic heterocycles. The lowest BCUT2D eigenvalue weighted by molar-refractivity contribution is -0.330. The number of carbonyl (C=O) groups excluding carboxylic acids is 1. The second-order valence-corrected chi connectivity index (χ2v) is 10.5. The van der Waals surface area contributed by atoms with E-state index < -0.39 is 97.1 Å². The number of nitrogens with one attached hydrogen (secondary N) is 2. The number of rotatable bonds is 9. The van der Waals surface area contributed by atoms with Gasteiger partial charge in [-0.15, -0.1) is 0 Å². The molecule has 40 heavy (non-hydrogen) atoms. The SMILES string of the molecule is C.CNC1C(O)C(OC2C(NC(=O)C(O)CN)CC(N)C(OC3OC(CN)C(O)C(O)C3O)C2O)OCC1(C)O. The summed E-state index contributed by atoms with van der Waals surface area (Å²) in [6.07, 6.45) is -16.3. The molecule has 15 N–H and O–H groups in total. The topological polar surface area (TPSA) is 298 Å². The number of hydrogen-bond acceptors (Lipinski definition) is 16. The molecular formula is C23H47N5O12. The van der Waals surface area contributed by atoms with Gasteiger partial charge in [0.2, 0.25) is 5.91 Å². The highest BCUT2D eigenvalue weighted by Gasteiger charge is 2.53. The first-order chi connectivity index (χ1) is 18.3. The van der Waals surface area contributed by atoms with Gasteiger partial charge in [-0.05, 0) is 20.4 Å². The Bertz CT molecular complexity index is 812.